The number of Topliss-reactive ketones (excluding diaryl/α,β-unsaturated/α-hetero) is 1. The maximum Gasteiger partial charge on any atom is 0.516 e. The van der Waals surface area contributed by atoms with E-state index in [0.29, 0.717) is 6.61 Å². The van der Waals surface area contributed by atoms with Crippen molar-refractivity contribution in [2.75, 3.05) is 12.8 Å². The molecule has 1 unspecified atom stereocenters. The van der Waals surface area contributed by atoms with Gasteiger partial charge in [0, 0.05) is 0 Å². The summed E-state index contributed by atoms with van der Waals surface area (Å²) in [4.78, 5) is 10.3. The molecule has 0 radical (unpaired) electrons. The van der Waals surface area contributed by atoms with Crippen molar-refractivity contribution in [3.63, 3.8) is 0 Å². The van der Waals surface area contributed by atoms with Crippen molar-refractivity contribution in [3.05, 3.63) is 0 Å². The molecule has 0 aliphatic rings. The predicted octanol–water partition coefficient (Wildman–Crippen LogP) is 1.35. The third kappa shape index (κ3) is 5.60. The van der Waals surface area contributed by atoms with Crippen molar-refractivity contribution in [2.45, 2.75) is 13.8 Å². The lowest BCUT2D eigenvalue weighted by Crippen LogP contribution is -1.94. The molecule has 0 saturated heterocycles. The van der Waals surface area contributed by atoms with Gasteiger partial charge in [0.05, 0.1) is 6.61 Å². The van der Waals surface area contributed by atoms with E-state index in [1.165, 1.54) is 6.92 Å². The highest BCUT2D eigenvalue weighted by Gasteiger charge is 2.18. The Morgan fingerprint density at radius 2 is 2.22 bits per heavy atom. The van der Waals surface area contributed by atoms with Gasteiger partial charge in [0.15, 0.2) is 5.78 Å². The summed E-state index contributed by atoms with van der Waals surface area (Å²) in [7, 11) is -1.72. The van der Waals surface area contributed by atoms with Crippen LogP contribution in [-0.2, 0) is 13.9 Å². The van der Waals surface area contributed by atoms with Gasteiger partial charge in [-0.2, -0.15) is 0 Å². The van der Waals surface area contributed by atoms with Gasteiger partial charge >= 0.3 is 8.03 Å². The molecule has 0 aromatic heterocycles. The van der Waals surface area contributed by atoms with Gasteiger partial charge in [-0.1, -0.05) is 0 Å². The molecule has 0 heterocycles. The third-order valence-electron chi connectivity index (χ3n) is 0.625. The van der Waals surface area contributed by atoms with Crippen molar-refractivity contribution in [2.24, 2.45) is 0 Å². The van der Waals surface area contributed by atoms with Crippen LogP contribution in [0.2, 0.25) is 0 Å². The van der Waals surface area contributed by atoms with Crippen LogP contribution in [0.4, 0.5) is 0 Å². The van der Waals surface area contributed by atoms with Crippen molar-refractivity contribution in [1.82, 2.24) is 0 Å². The Bertz CT molecular complexity index is 121. The molecule has 0 saturated carbocycles. The van der Waals surface area contributed by atoms with E-state index < -0.39 is 8.03 Å². The van der Waals surface area contributed by atoms with Crippen LogP contribution in [0.15, 0.2) is 0 Å². The second kappa shape index (κ2) is 4.59. The second-order valence-corrected chi connectivity index (χ2v) is 2.85. The Kier molecular flexibility index (Phi) is 4.46. The smallest absolute Gasteiger partial charge is 0.295 e. The zero-order chi connectivity index (χ0) is 7.28. The van der Waals surface area contributed by atoms with E-state index in [9.17, 15) is 9.36 Å². The summed E-state index contributed by atoms with van der Waals surface area (Å²) < 4.78 is 15.2. The zero-order valence-corrected chi connectivity index (χ0v) is 6.48. The molecule has 0 aliphatic heterocycles. The molecule has 4 heteroatoms. The summed E-state index contributed by atoms with van der Waals surface area (Å²) in [6, 6.07) is 0. The number of carbonyl (C=O) groups is 1. The molecule has 0 fully saturated rings. The Hall–Kier alpha value is -0.270. The van der Waals surface area contributed by atoms with Crippen LogP contribution in [0.5, 0.6) is 0 Å². The standard InChI is InChI=1S/C5H10O3P/c1-3-8-9(7)4-5(2)6/h3-4H2,1-2H3/q+1. The van der Waals surface area contributed by atoms with E-state index in [1.807, 2.05) is 0 Å². The minimum absolute atomic E-state index is 0.0448. The molecular weight excluding hydrogens is 139 g/mol. The monoisotopic (exact) mass is 149 g/mol. The van der Waals surface area contributed by atoms with Gasteiger partial charge in [0.25, 0.3) is 0 Å². The van der Waals surface area contributed by atoms with Gasteiger partial charge in [0.1, 0.15) is 0 Å². The third-order valence-corrected chi connectivity index (χ3v) is 1.87. The maximum atomic E-state index is 10.6. The molecule has 0 bridgehead atoms. The molecule has 1 atom stereocenters. The topological polar surface area (TPSA) is 43.4 Å². The number of rotatable bonds is 4. The van der Waals surface area contributed by atoms with Gasteiger partial charge in [-0.3, -0.25) is 4.79 Å². The van der Waals surface area contributed by atoms with Crippen LogP contribution in [0, 0.1) is 0 Å². The van der Waals surface area contributed by atoms with E-state index in [0.717, 1.165) is 0 Å². The summed E-state index contributed by atoms with van der Waals surface area (Å²) in [5, 5.41) is 0. The summed E-state index contributed by atoms with van der Waals surface area (Å²) in [5.41, 5.74) is 0. The molecule has 0 rings (SSSR count). The fraction of sp³-hybridized carbons (Fsp3) is 0.800. The molecule has 52 valence electrons. The van der Waals surface area contributed by atoms with Gasteiger partial charge < -0.3 is 0 Å². The summed E-state index contributed by atoms with van der Waals surface area (Å²) in [5.74, 6) is -0.0930. The quantitative estimate of drug-likeness (QED) is 0.566. The maximum absolute atomic E-state index is 10.6. The van der Waals surface area contributed by atoms with Gasteiger partial charge in [-0.25, -0.2) is 0 Å². The van der Waals surface area contributed by atoms with Crippen LogP contribution in [0.1, 0.15) is 13.8 Å². The van der Waals surface area contributed by atoms with Gasteiger partial charge in [-0.05, 0) is 18.4 Å². The Balaban J connectivity index is 3.39. The SMILES string of the molecule is CCO[P+](=O)CC(C)=O. The molecule has 9 heavy (non-hydrogen) atoms. The highest BCUT2D eigenvalue weighted by atomic mass is 31.1. The predicted molar refractivity (Wildman–Crippen MR) is 34.8 cm³/mol. The van der Waals surface area contributed by atoms with E-state index >= 15 is 0 Å². The van der Waals surface area contributed by atoms with Crippen molar-refractivity contribution in [3.8, 4) is 0 Å². The lowest BCUT2D eigenvalue weighted by atomic mass is 10.5. The molecule has 0 N–H and O–H groups in total. The largest absolute Gasteiger partial charge is 0.516 e. The first-order valence-electron chi connectivity index (χ1n) is 2.73. The highest BCUT2D eigenvalue weighted by molar-refractivity contribution is 7.40. The molecule has 0 spiro atoms. The number of ketones is 1. The molecular formula is C5H10O3P+. The molecule has 0 aliphatic carbocycles. The van der Waals surface area contributed by atoms with Gasteiger partial charge in [0.2, 0.25) is 6.16 Å². The Morgan fingerprint density at radius 1 is 1.67 bits per heavy atom. The van der Waals surface area contributed by atoms with Crippen LogP contribution in [0.25, 0.3) is 0 Å². The molecule has 0 aromatic rings. The number of carbonyl (C=O) groups excluding carboxylic acids is 1. The first-order valence-corrected chi connectivity index (χ1v) is 4.10. The minimum Gasteiger partial charge on any atom is -0.295 e. The van der Waals surface area contributed by atoms with Gasteiger partial charge in [-0.15, -0.1) is 4.52 Å². The fourth-order valence-electron chi connectivity index (χ4n) is 0.371. The summed E-state index contributed by atoms with van der Waals surface area (Å²) in [6.07, 6.45) is 0.0448. The number of hydrogen-bond acceptors (Lipinski definition) is 3. The minimum atomic E-state index is -1.72. The molecule has 0 amide bonds. The van der Waals surface area contributed by atoms with E-state index in [4.69, 9.17) is 0 Å². The molecule has 0 aromatic carbocycles. The molecule has 3 nitrogen and oxygen atoms in total. The Labute approximate surface area is 55.3 Å². The van der Waals surface area contributed by atoms with E-state index in [2.05, 4.69) is 4.52 Å². The summed E-state index contributed by atoms with van der Waals surface area (Å²) >= 11 is 0. The number of hydrogen-bond donors (Lipinski definition) is 0. The first kappa shape index (κ1) is 8.73. The van der Waals surface area contributed by atoms with Crippen molar-refractivity contribution >= 4 is 13.8 Å². The van der Waals surface area contributed by atoms with Crippen LogP contribution >= 0.6 is 8.03 Å². The van der Waals surface area contributed by atoms with E-state index in [1.54, 1.807) is 6.92 Å². The normalized spacial score (nSPS) is 11.1. The lowest BCUT2D eigenvalue weighted by molar-refractivity contribution is -0.114. The Morgan fingerprint density at radius 3 is 2.56 bits per heavy atom. The van der Waals surface area contributed by atoms with Crippen LogP contribution in [0.3, 0.4) is 0 Å². The first-order chi connectivity index (χ1) is 4.16. The van der Waals surface area contributed by atoms with E-state index in [-0.39, 0.29) is 11.9 Å². The lowest BCUT2D eigenvalue weighted by Gasteiger charge is -1.79. The average molecular weight is 149 g/mol. The van der Waals surface area contributed by atoms with Crippen LogP contribution in [-0.4, -0.2) is 18.6 Å². The average Bonchev–Trinajstić information content (AvgIpc) is 1.63. The summed E-state index contributed by atoms with van der Waals surface area (Å²) in [6.45, 7) is 3.54. The highest BCUT2D eigenvalue weighted by Crippen LogP contribution is 2.20. The van der Waals surface area contributed by atoms with Crippen molar-refractivity contribution in [1.29, 1.82) is 0 Å². The fourth-order valence-corrected chi connectivity index (χ4v) is 1.11. The zero-order valence-electron chi connectivity index (χ0n) is 5.59. The van der Waals surface area contributed by atoms with Crippen LogP contribution < -0.4 is 0 Å². The second-order valence-electron chi connectivity index (χ2n) is 1.61. The van der Waals surface area contributed by atoms with Crippen molar-refractivity contribution < 1.29 is 13.9 Å².